The maximum atomic E-state index is 4.01. The van der Waals surface area contributed by atoms with Crippen LogP contribution in [0.4, 0.5) is 0 Å². The lowest BCUT2D eigenvalue weighted by atomic mass is 10.2. The van der Waals surface area contributed by atoms with E-state index in [2.05, 4.69) is 34.5 Å². The van der Waals surface area contributed by atoms with Gasteiger partial charge in [-0.05, 0) is 24.1 Å². The highest BCUT2D eigenvalue weighted by molar-refractivity contribution is 5.52. The molecule has 1 N–H and O–H groups in total. The lowest BCUT2D eigenvalue weighted by Crippen LogP contribution is -1.71. The standard InChI is InChI=1S/C10H10N2/c1-2-4-9(3-1)5-6-10-7-8-11-12-10/h1,3-8H,2H2,(H,11,12)/b6-5+. The predicted molar refractivity (Wildman–Crippen MR) is 49.5 cm³/mol. The van der Waals surface area contributed by atoms with Gasteiger partial charge in [0.2, 0.25) is 0 Å². The molecule has 1 aliphatic rings. The van der Waals surface area contributed by atoms with Crippen molar-refractivity contribution in [2.24, 2.45) is 0 Å². The van der Waals surface area contributed by atoms with Crippen LogP contribution in [0.3, 0.4) is 0 Å². The number of hydrogen-bond acceptors (Lipinski definition) is 1. The molecule has 0 aliphatic heterocycles. The quantitative estimate of drug-likeness (QED) is 0.703. The molecular formula is C10H10N2. The van der Waals surface area contributed by atoms with E-state index in [9.17, 15) is 0 Å². The van der Waals surface area contributed by atoms with Crippen molar-refractivity contribution in [3.63, 3.8) is 0 Å². The van der Waals surface area contributed by atoms with Gasteiger partial charge in [-0.1, -0.05) is 24.3 Å². The van der Waals surface area contributed by atoms with Gasteiger partial charge in [-0.25, -0.2) is 0 Å². The molecule has 0 amide bonds. The number of allylic oxidation sites excluding steroid dienone is 5. The number of nitrogens with one attached hydrogen (secondary N) is 1. The molecule has 0 spiro atoms. The van der Waals surface area contributed by atoms with Crippen LogP contribution in [0.1, 0.15) is 12.1 Å². The van der Waals surface area contributed by atoms with Crippen molar-refractivity contribution in [2.75, 3.05) is 0 Å². The van der Waals surface area contributed by atoms with Gasteiger partial charge in [0.1, 0.15) is 0 Å². The molecule has 2 rings (SSSR count). The van der Waals surface area contributed by atoms with Gasteiger partial charge in [-0.15, -0.1) is 0 Å². The molecule has 60 valence electrons. The van der Waals surface area contributed by atoms with E-state index in [1.165, 1.54) is 5.57 Å². The van der Waals surface area contributed by atoms with Crippen LogP contribution in [0, 0.1) is 0 Å². The van der Waals surface area contributed by atoms with E-state index in [1.54, 1.807) is 0 Å². The highest BCUT2D eigenvalue weighted by atomic mass is 15.1. The van der Waals surface area contributed by atoms with Gasteiger partial charge >= 0.3 is 0 Å². The van der Waals surface area contributed by atoms with E-state index in [0.29, 0.717) is 0 Å². The zero-order chi connectivity index (χ0) is 8.23. The number of hydrogen-bond donors (Lipinski definition) is 1. The van der Waals surface area contributed by atoms with Gasteiger partial charge in [0, 0.05) is 6.20 Å². The lowest BCUT2D eigenvalue weighted by Gasteiger charge is -1.84. The fourth-order valence-corrected chi connectivity index (χ4v) is 1.15. The lowest BCUT2D eigenvalue weighted by molar-refractivity contribution is 1.08. The third kappa shape index (κ3) is 1.53. The minimum absolute atomic E-state index is 0.969. The fraction of sp³-hybridized carbons (Fsp3) is 0.100. The third-order valence-electron chi connectivity index (χ3n) is 1.77. The first-order valence-corrected chi connectivity index (χ1v) is 4.00. The van der Waals surface area contributed by atoms with Gasteiger partial charge in [0.25, 0.3) is 0 Å². The number of rotatable bonds is 2. The molecular weight excluding hydrogens is 148 g/mol. The second-order valence-corrected chi connectivity index (χ2v) is 2.67. The maximum Gasteiger partial charge on any atom is 0.0848 e. The van der Waals surface area contributed by atoms with Crippen LogP contribution in [0.5, 0.6) is 0 Å². The second kappa shape index (κ2) is 3.22. The fourth-order valence-electron chi connectivity index (χ4n) is 1.15. The highest BCUT2D eigenvalue weighted by Crippen LogP contribution is 2.11. The summed E-state index contributed by atoms with van der Waals surface area (Å²) < 4.78 is 0. The predicted octanol–water partition coefficient (Wildman–Crippen LogP) is 2.31. The molecule has 1 aliphatic carbocycles. The average molecular weight is 158 g/mol. The minimum atomic E-state index is 0.969. The molecule has 1 aromatic heterocycles. The summed E-state index contributed by atoms with van der Waals surface area (Å²) in [5.74, 6) is 0. The Kier molecular flexibility index (Phi) is 1.90. The van der Waals surface area contributed by atoms with Crippen molar-refractivity contribution in [3.8, 4) is 0 Å². The Labute approximate surface area is 71.3 Å². The van der Waals surface area contributed by atoms with E-state index < -0.39 is 0 Å². The number of aromatic nitrogens is 2. The molecule has 0 radical (unpaired) electrons. The first-order chi connectivity index (χ1) is 5.95. The van der Waals surface area contributed by atoms with Crippen LogP contribution in [0.2, 0.25) is 0 Å². The first-order valence-electron chi connectivity index (χ1n) is 4.00. The summed E-state index contributed by atoms with van der Waals surface area (Å²) >= 11 is 0. The number of aromatic amines is 1. The van der Waals surface area contributed by atoms with Gasteiger partial charge in [0.05, 0.1) is 5.69 Å². The van der Waals surface area contributed by atoms with Crippen LogP contribution in [-0.4, -0.2) is 10.2 Å². The van der Waals surface area contributed by atoms with Crippen LogP contribution >= 0.6 is 0 Å². The van der Waals surface area contributed by atoms with E-state index in [0.717, 1.165) is 12.1 Å². The van der Waals surface area contributed by atoms with Crippen LogP contribution in [0.25, 0.3) is 6.08 Å². The Bertz CT molecular complexity index is 329. The molecule has 0 bridgehead atoms. The molecule has 0 aromatic carbocycles. The topological polar surface area (TPSA) is 28.7 Å². The van der Waals surface area contributed by atoms with Gasteiger partial charge in [-0.3, -0.25) is 5.10 Å². The summed E-state index contributed by atoms with van der Waals surface area (Å²) in [7, 11) is 0. The zero-order valence-electron chi connectivity index (χ0n) is 6.70. The summed E-state index contributed by atoms with van der Waals surface area (Å²) in [5, 5.41) is 6.78. The summed E-state index contributed by atoms with van der Waals surface area (Å²) in [6, 6.07) is 1.94. The van der Waals surface area contributed by atoms with Crippen LogP contribution in [-0.2, 0) is 0 Å². The first kappa shape index (κ1) is 7.10. The molecule has 0 saturated heterocycles. The molecule has 1 heterocycles. The van der Waals surface area contributed by atoms with E-state index in [4.69, 9.17) is 0 Å². The SMILES string of the molecule is C1=CC(/C=C/c2cc[nH]n2)=CC1. The largest absolute Gasteiger partial charge is 0.285 e. The smallest absolute Gasteiger partial charge is 0.0848 e. The molecule has 0 unspecified atom stereocenters. The highest BCUT2D eigenvalue weighted by Gasteiger charge is 1.92. The Hall–Kier alpha value is -1.57. The van der Waals surface area contributed by atoms with Crippen molar-refractivity contribution >= 4 is 6.08 Å². The Morgan fingerprint density at radius 2 is 2.42 bits per heavy atom. The number of nitrogens with zero attached hydrogens (tertiary/aromatic N) is 1. The summed E-state index contributed by atoms with van der Waals surface area (Å²) in [4.78, 5) is 0. The van der Waals surface area contributed by atoms with Crippen molar-refractivity contribution in [3.05, 3.63) is 47.8 Å². The molecule has 12 heavy (non-hydrogen) atoms. The average Bonchev–Trinajstić information content (AvgIpc) is 2.74. The summed E-state index contributed by atoms with van der Waals surface area (Å²) in [6.45, 7) is 0. The zero-order valence-corrected chi connectivity index (χ0v) is 6.70. The maximum absolute atomic E-state index is 4.01. The van der Waals surface area contributed by atoms with Crippen molar-refractivity contribution in [2.45, 2.75) is 6.42 Å². The van der Waals surface area contributed by atoms with E-state index in [-0.39, 0.29) is 0 Å². The summed E-state index contributed by atoms with van der Waals surface area (Å²) in [5.41, 5.74) is 2.23. The third-order valence-corrected chi connectivity index (χ3v) is 1.77. The summed E-state index contributed by atoms with van der Waals surface area (Å²) in [6.07, 6.45) is 13.4. The van der Waals surface area contributed by atoms with Gasteiger partial charge in [-0.2, -0.15) is 5.10 Å². The van der Waals surface area contributed by atoms with Crippen molar-refractivity contribution < 1.29 is 0 Å². The molecule has 2 heteroatoms. The van der Waals surface area contributed by atoms with Crippen molar-refractivity contribution in [1.29, 1.82) is 0 Å². The Morgan fingerprint density at radius 3 is 3.08 bits per heavy atom. The van der Waals surface area contributed by atoms with Gasteiger partial charge < -0.3 is 0 Å². The van der Waals surface area contributed by atoms with E-state index in [1.807, 2.05) is 18.3 Å². The molecule has 2 nitrogen and oxygen atoms in total. The van der Waals surface area contributed by atoms with Crippen LogP contribution < -0.4 is 0 Å². The normalized spacial score (nSPS) is 15.8. The van der Waals surface area contributed by atoms with Crippen molar-refractivity contribution in [1.82, 2.24) is 10.2 Å². The Balaban J connectivity index is 2.07. The Morgan fingerprint density at radius 1 is 1.42 bits per heavy atom. The monoisotopic (exact) mass is 158 g/mol. The molecule has 1 aromatic rings. The minimum Gasteiger partial charge on any atom is -0.285 e. The number of H-pyrrole nitrogens is 1. The molecule has 0 atom stereocenters. The molecule has 0 saturated carbocycles. The van der Waals surface area contributed by atoms with Crippen LogP contribution in [0.15, 0.2) is 42.1 Å². The molecule has 0 fully saturated rings. The van der Waals surface area contributed by atoms with E-state index >= 15 is 0 Å². The van der Waals surface area contributed by atoms with Gasteiger partial charge in [0.15, 0.2) is 0 Å². The second-order valence-electron chi connectivity index (χ2n) is 2.67.